The van der Waals surface area contributed by atoms with Crippen molar-refractivity contribution in [3.8, 4) is 0 Å². The van der Waals surface area contributed by atoms with Gasteiger partial charge in [-0.05, 0) is 25.9 Å². The molecule has 0 radical (unpaired) electrons. The van der Waals surface area contributed by atoms with Crippen molar-refractivity contribution >= 4 is 43.5 Å². The molecule has 0 spiro atoms. The minimum atomic E-state index is -0.715. The van der Waals surface area contributed by atoms with Crippen molar-refractivity contribution in [1.82, 2.24) is 25.4 Å². The van der Waals surface area contributed by atoms with Gasteiger partial charge in [0, 0.05) is 16.6 Å². The lowest BCUT2D eigenvalue weighted by molar-refractivity contribution is 0.578. The van der Waals surface area contributed by atoms with Crippen molar-refractivity contribution in [3.05, 3.63) is 58.7 Å². The summed E-state index contributed by atoms with van der Waals surface area (Å²) in [5.41, 5.74) is 7.56. The number of hydrogen-bond acceptors (Lipinski definition) is 8. The molecule has 4 rings (SSSR count). The topological polar surface area (TPSA) is 102 Å². The molecule has 1 saturated heterocycles. The summed E-state index contributed by atoms with van der Waals surface area (Å²) in [6, 6.07) is 6.62. The number of aryl methyl sites for hydroxylation is 1. The average Bonchev–Trinajstić information content (AvgIpc) is 3.15. The Hall–Kier alpha value is -1.83. The summed E-state index contributed by atoms with van der Waals surface area (Å²) >= 11 is 3.19. The van der Waals surface area contributed by atoms with Gasteiger partial charge in [0.05, 0.1) is 31.3 Å². The van der Waals surface area contributed by atoms with Gasteiger partial charge >= 0.3 is 0 Å². The third-order valence-electron chi connectivity index (χ3n) is 5.02. The van der Waals surface area contributed by atoms with E-state index in [0.29, 0.717) is 28.9 Å². The number of rotatable bonds is 4. The van der Waals surface area contributed by atoms with Crippen molar-refractivity contribution in [3.63, 3.8) is 0 Å². The summed E-state index contributed by atoms with van der Waals surface area (Å²) in [5.74, 6) is 1.79. The van der Waals surface area contributed by atoms with Crippen LogP contribution in [-0.2, 0) is 9.06 Å². The first-order valence-corrected chi connectivity index (χ1v) is 11.2. The molecule has 0 aliphatic carbocycles. The van der Waals surface area contributed by atoms with Gasteiger partial charge in [0.25, 0.3) is 0 Å². The van der Waals surface area contributed by atoms with E-state index in [2.05, 4.69) is 47.5 Å². The van der Waals surface area contributed by atoms with Crippen LogP contribution in [0.15, 0.2) is 40.7 Å². The molecule has 2 aliphatic heterocycles. The first-order valence-electron chi connectivity index (χ1n) is 8.90. The number of nitrogens with two attached hydrogens (primary N) is 1. The van der Waals surface area contributed by atoms with Gasteiger partial charge in [0.1, 0.15) is 23.6 Å². The number of nitrogens with zero attached hydrogens (tertiary/aromatic N) is 4. The highest BCUT2D eigenvalue weighted by Gasteiger charge is 2.45. The van der Waals surface area contributed by atoms with Gasteiger partial charge in [-0.25, -0.2) is 19.0 Å². The van der Waals surface area contributed by atoms with Crippen LogP contribution in [0.25, 0.3) is 0 Å². The van der Waals surface area contributed by atoms with E-state index in [-0.39, 0.29) is 23.9 Å². The molecule has 1 aromatic carbocycles. The zero-order chi connectivity index (χ0) is 20.8. The molecule has 2 aromatic rings. The Morgan fingerprint density at radius 2 is 2.14 bits per heavy atom. The zero-order valence-corrected chi connectivity index (χ0v) is 19.1. The zero-order valence-electron chi connectivity index (χ0n) is 16.1. The molecule has 11 heteroatoms. The lowest BCUT2D eigenvalue weighted by Crippen LogP contribution is -2.40. The van der Waals surface area contributed by atoms with Crippen LogP contribution in [0.5, 0.6) is 0 Å². The monoisotopic (exact) mass is 529 g/mol. The maximum atomic E-state index is 14.0. The van der Waals surface area contributed by atoms with E-state index in [1.165, 1.54) is 6.07 Å². The van der Waals surface area contributed by atoms with E-state index < -0.39 is 21.1 Å². The van der Waals surface area contributed by atoms with E-state index in [1.807, 2.05) is 6.92 Å². The van der Waals surface area contributed by atoms with E-state index in [9.17, 15) is 4.39 Å². The van der Waals surface area contributed by atoms with Crippen LogP contribution in [0.1, 0.15) is 31.1 Å². The number of aliphatic imine (C=N–C) groups is 1. The molecule has 1 fully saturated rings. The summed E-state index contributed by atoms with van der Waals surface area (Å²) in [6.07, 6.45) is -0.307. The maximum absolute atomic E-state index is 14.0. The fraction of sp³-hybridized carbons (Fsp3) is 0.333. The predicted octanol–water partition coefficient (Wildman–Crippen LogP) is 2.13. The second-order valence-electron chi connectivity index (χ2n) is 7.29. The van der Waals surface area contributed by atoms with Crippen molar-refractivity contribution in [2.45, 2.75) is 33.5 Å². The van der Waals surface area contributed by atoms with Gasteiger partial charge in [0.2, 0.25) is 5.82 Å². The number of halogens is 2. The van der Waals surface area contributed by atoms with Gasteiger partial charge < -0.3 is 11.1 Å². The van der Waals surface area contributed by atoms with Gasteiger partial charge in [-0.3, -0.25) is 7.83 Å². The highest BCUT2D eigenvalue weighted by Crippen LogP contribution is 2.40. The first kappa shape index (κ1) is 20.4. The second kappa shape index (κ2) is 7.78. The highest BCUT2D eigenvalue weighted by molar-refractivity contribution is 14.2. The molecule has 0 bridgehead atoms. The summed E-state index contributed by atoms with van der Waals surface area (Å²) in [7, 11) is 0. The largest absolute Gasteiger partial charge is 0.385 e. The van der Waals surface area contributed by atoms with Gasteiger partial charge in [0.15, 0.2) is 5.84 Å². The predicted molar refractivity (Wildman–Crippen MR) is 121 cm³/mol. The number of fused-ring (bicyclic) bond motifs is 1. The summed E-state index contributed by atoms with van der Waals surface area (Å²) < 4.78 is 21.8. The molecular formula is C18H21FIN7OS. The Morgan fingerprint density at radius 1 is 1.38 bits per heavy atom. The fourth-order valence-corrected chi connectivity index (χ4v) is 5.42. The number of thiol groups is 1. The lowest BCUT2D eigenvalue weighted by atomic mass is 9.85. The normalized spacial score (nSPS) is 22.2. The second-order valence-corrected chi connectivity index (χ2v) is 10.1. The molecule has 8 nitrogen and oxygen atoms in total. The van der Waals surface area contributed by atoms with Crippen molar-refractivity contribution < 1.29 is 6.90 Å². The van der Waals surface area contributed by atoms with E-state index in [1.54, 1.807) is 22.9 Å². The quantitative estimate of drug-likeness (QED) is 0.275. The number of nitrogens with one attached hydrogen (secondary N) is 2. The van der Waals surface area contributed by atoms with Crippen LogP contribution in [0.4, 0.5) is 4.39 Å². The highest BCUT2D eigenvalue weighted by atomic mass is 127. The molecule has 1 unspecified atom stereocenters. The summed E-state index contributed by atoms with van der Waals surface area (Å²) in [6.45, 7) is 6.27. The minimum absolute atomic E-state index is 0.274. The van der Waals surface area contributed by atoms with Crippen LogP contribution in [0.3, 0.4) is 0 Å². The molecule has 1 atom stereocenters. The molecule has 154 valence electrons. The molecule has 0 amide bonds. The van der Waals surface area contributed by atoms with Gasteiger partial charge in [-0.2, -0.15) is 0 Å². The Labute approximate surface area is 183 Å². The van der Waals surface area contributed by atoms with Crippen molar-refractivity contribution in [2.75, 3.05) is 0 Å². The van der Waals surface area contributed by atoms with Crippen molar-refractivity contribution in [2.24, 2.45) is 16.1 Å². The molecule has 3 heterocycles. The van der Waals surface area contributed by atoms with E-state index >= 15 is 0 Å². The van der Waals surface area contributed by atoms with Gasteiger partial charge in [-0.1, -0.05) is 32.0 Å². The Morgan fingerprint density at radius 3 is 2.86 bits per heavy atom. The first-order chi connectivity index (χ1) is 13.8. The Bertz CT molecular complexity index is 1060. The summed E-state index contributed by atoms with van der Waals surface area (Å²) in [5, 5.41) is 11.0. The smallest absolute Gasteiger partial charge is 0.216 e. The van der Waals surface area contributed by atoms with E-state index in [0.717, 1.165) is 9.21 Å². The number of benzene rings is 1. The third-order valence-corrected chi connectivity index (χ3v) is 7.78. The fourth-order valence-electron chi connectivity index (χ4n) is 3.49. The molecule has 1 aromatic heterocycles. The molecular weight excluding hydrogens is 508 g/mol. The van der Waals surface area contributed by atoms with Crippen LogP contribution in [0.2, 0.25) is 0 Å². The third kappa shape index (κ3) is 3.71. The molecule has 2 aliphatic rings. The van der Waals surface area contributed by atoms with Crippen LogP contribution >= 0.6 is 34.1 Å². The van der Waals surface area contributed by atoms with Crippen molar-refractivity contribution in [1.29, 1.82) is 0 Å². The van der Waals surface area contributed by atoms with E-state index in [4.69, 9.17) is 13.2 Å². The van der Waals surface area contributed by atoms with Crippen LogP contribution in [-0.4, -0.2) is 30.4 Å². The maximum Gasteiger partial charge on any atom is 0.216 e. The van der Waals surface area contributed by atoms with Crippen LogP contribution < -0.4 is 16.4 Å². The average molecular weight is 529 g/mol. The molecule has 29 heavy (non-hydrogen) atoms. The SMILES string of the molecule is Cc1nc(C2=NC3NC(=IOS)C(C)(C)C3=C(N)N2)nn1Cc1ccccc1F. The lowest BCUT2D eigenvalue weighted by Gasteiger charge is -2.26. The Kier molecular flexibility index (Phi) is 5.48. The summed E-state index contributed by atoms with van der Waals surface area (Å²) in [4.78, 5) is 9.23. The van der Waals surface area contributed by atoms with Crippen LogP contribution in [0, 0.1) is 18.2 Å². The number of hydrogen-bond donors (Lipinski definition) is 4. The number of amidine groups is 1. The number of aromatic nitrogens is 3. The Balaban J connectivity index is 1.64. The molecule has 4 N–H and O–H groups in total. The standard InChI is InChI=1S/C18H21FIN7OS/c1-9-22-16(26-27(9)8-10-6-4-5-7-11(10)19)15-23-13(21)12-14(24-15)25-17(20-28-29)18(12,2)3/h4-7,14,25,29H,8,21H2,1-3H3,(H,23,24). The molecule has 0 saturated carbocycles. The minimum Gasteiger partial charge on any atom is -0.385 e. The van der Waals surface area contributed by atoms with Gasteiger partial charge in [-0.15, -0.1) is 5.10 Å².